The molecule has 2 aliphatic rings. The molecule has 5 nitrogen and oxygen atoms in total. The van der Waals surface area contributed by atoms with Crippen molar-refractivity contribution in [1.82, 2.24) is 10.6 Å². The predicted octanol–water partition coefficient (Wildman–Crippen LogP) is -1.57. The zero-order valence-corrected chi connectivity index (χ0v) is 14.1. The molecule has 0 aromatic rings. The first-order chi connectivity index (χ1) is 8.54. The molecular weight excluding hydrogens is 255 g/mol. The molecule has 0 spiro atoms. The first-order valence-corrected chi connectivity index (χ1v) is 6.76. The Morgan fingerprint density at radius 1 is 1.32 bits per heavy atom. The molecule has 0 aromatic heterocycles. The van der Waals surface area contributed by atoms with Crippen LogP contribution in [0.2, 0.25) is 0 Å². The van der Waals surface area contributed by atoms with Gasteiger partial charge in [0.25, 0.3) is 5.91 Å². The minimum Gasteiger partial charge on any atom is -0.381 e. The van der Waals surface area contributed by atoms with E-state index in [1.54, 1.807) is 0 Å². The molecule has 19 heavy (non-hydrogen) atoms. The standard InChI is InChI=1S/C13H22N2O3.Na/c1-9(2)3-6-13(10-4-7-18-8-5-10)11(16)14-12(17)15-13;/h9-10H,3-8H2,1-2H3,(H2,14,15,16,17);/q;+1. The van der Waals surface area contributed by atoms with Crippen LogP contribution in [0.15, 0.2) is 0 Å². The fourth-order valence-electron chi connectivity index (χ4n) is 2.88. The van der Waals surface area contributed by atoms with E-state index in [0.717, 1.165) is 19.3 Å². The van der Waals surface area contributed by atoms with E-state index in [9.17, 15) is 9.59 Å². The Labute approximate surface area is 136 Å². The second kappa shape index (κ2) is 7.07. The fraction of sp³-hybridized carbons (Fsp3) is 0.846. The number of carbonyl (C=O) groups is 2. The van der Waals surface area contributed by atoms with Crippen molar-refractivity contribution in [2.75, 3.05) is 13.2 Å². The molecule has 6 heteroatoms. The van der Waals surface area contributed by atoms with Crippen molar-refractivity contribution in [3.63, 3.8) is 0 Å². The third kappa shape index (κ3) is 3.72. The van der Waals surface area contributed by atoms with Gasteiger partial charge in [0.15, 0.2) is 0 Å². The van der Waals surface area contributed by atoms with Gasteiger partial charge >= 0.3 is 35.6 Å². The van der Waals surface area contributed by atoms with Gasteiger partial charge in [0, 0.05) is 13.2 Å². The van der Waals surface area contributed by atoms with E-state index in [1.165, 1.54) is 0 Å². The topological polar surface area (TPSA) is 67.4 Å². The molecule has 0 saturated carbocycles. The van der Waals surface area contributed by atoms with Gasteiger partial charge in [-0.2, -0.15) is 0 Å². The van der Waals surface area contributed by atoms with E-state index in [1.807, 2.05) is 0 Å². The summed E-state index contributed by atoms with van der Waals surface area (Å²) in [6.07, 6.45) is 3.33. The first kappa shape index (κ1) is 17.0. The van der Waals surface area contributed by atoms with Gasteiger partial charge in [-0.1, -0.05) is 13.8 Å². The molecule has 0 aliphatic carbocycles. The average molecular weight is 277 g/mol. The number of urea groups is 1. The summed E-state index contributed by atoms with van der Waals surface area (Å²) in [5, 5.41) is 5.29. The van der Waals surface area contributed by atoms with Crippen molar-refractivity contribution in [2.45, 2.75) is 45.1 Å². The summed E-state index contributed by atoms with van der Waals surface area (Å²) in [5.74, 6) is 0.559. The third-order valence-electron chi connectivity index (χ3n) is 4.00. The average Bonchev–Trinajstić information content (AvgIpc) is 2.64. The zero-order valence-electron chi connectivity index (χ0n) is 12.1. The van der Waals surface area contributed by atoms with Gasteiger partial charge in [0.2, 0.25) is 0 Å². The van der Waals surface area contributed by atoms with E-state index in [-0.39, 0.29) is 47.4 Å². The van der Waals surface area contributed by atoms with Crippen LogP contribution >= 0.6 is 0 Å². The van der Waals surface area contributed by atoms with Gasteiger partial charge in [-0.15, -0.1) is 0 Å². The van der Waals surface area contributed by atoms with E-state index in [0.29, 0.717) is 25.6 Å². The fourth-order valence-corrected chi connectivity index (χ4v) is 2.88. The van der Waals surface area contributed by atoms with Crippen molar-refractivity contribution >= 4 is 11.9 Å². The van der Waals surface area contributed by atoms with Crippen molar-refractivity contribution in [3.05, 3.63) is 0 Å². The van der Waals surface area contributed by atoms with Crippen molar-refractivity contribution < 1.29 is 43.9 Å². The van der Waals surface area contributed by atoms with Crippen LogP contribution in [-0.4, -0.2) is 30.7 Å². The number of imide groups is 1. The molecule has 1 unspecified atom stereocenters. The van der Waals surface area contributed by atoms with Crippen LogP contribution in [0.1, 0.15) is 39.5 Å². The van der Waals surface area contributed by atoms with Gasteiger partial charge in [0.05, 0.1) is 0 Å². The second-order valence-electron chi connectivity index (χ2n) is 5.70. The largest absolute Gasteiger partial charge is 1.00 e. The van der Waals surface area contributed by atoms with E-state index in [2.05, 4.69) is 24.5 Å². The molecule has 0 bridgehead atoms. The zero-order chi connectivity index (χ0) is 13.2. The molecule has 2 heterocycles. The molecule has 2 rings (SSSR count). The van der Waals surface area contributed by atoms with Crippen LogP contribution in [0, 0.1) is 11.8 Å². The van der Waals surface area contributed by atoms with Crippen LogP contribution < -0.4 is 40.2 Å². The Kier molecular flexibility index (Phi) is 6.30. The number of rotatable bonds is 4. The molecular formula is C13H22N2NaO3+. The summed E-state index contributed by atoms with van der Waals surface area (Å²) in [6.45, 7) is 5.62. The van der Waals surface area contributed by atoms with Crippen LogP contribution in [-0.2, 0) is 9.53 Å². The maximum absolute atomic E-state index is 12.2. The molecule has 0 radical (unpaired) electrons. The Balaban J connectivity index is 0.00000180. The SMILES string of the molecule is CC(C)CCC1(C2CCOCC2)NC(=O)NC1=O.[Na+]. The van der Waals surface area contributed by atoms with Crippen molar-refractivity contribution in [3.8, 4) is 0 Å². The number of amides is 3. The van der Waals surface area contributed by atoms with Crippen LogP contribution in [0.3, 0.4) is 0 Å². The Bertz CT molecular complexity index is 343. The van der Waals surface area contributed by atoms with Crippen LogP contribution in [0.4, 0.5) is 4.79 Å². The minimum absolute atomic E-state index is 0. The predicted molar refractivity (Wildman–Crippen MR) is 67.0 cm³/mol. The number of carbonyl (C=O) groups excluding carboxylic acids is 2. The van der Waals surface area contributed by atoms with E-state index >= 15 is 0 Å². The minimum atomic E-state index is -0.703. The Morgan fingerprint density at radius 2 is 1.95 bits per heavy atom. The van der Waals surface area contributed by atoms with Crippen LogP contribution in [0.25, 0.3) is 0 Å². The van der Waals surface area contributed by atoms with E-state index in [4.69, 9.17) is 4.74 Å². The molecule has 102 valence electrons. The smallest absolute Gasteiger partial charge is 0.381 e. The number of hydrogen-bond donors (Lipinski definition) is 2. The molecule has 2 fully saturated rings. The molecule has 2 aliphatic heterocycles. The third-order valence-corrected chi connectivity index (χ3v) is 4.00. The summed E-state index contributed by atoms with van der Waals surface area (Å²) in [6, 6.07) is -0.352. The van der Waals surface area contributed by atoms with Crippen LogP contribution in [0.5, 0.6) is 0 Å². The number of ether oxygens (including phenoxy) is 1. The molecule has 3 amide bonds. The summed E-state index contributed by atoms with van der Waals surface area (Å²) in [5.41, 5.74) is -0.703. The van der Waals surface area contributed by atoms with Crippen molar-refractivity contribution in [1.29, 1.82) is 0 Å². The molecule has 2 N–H and O–H groups in total. The summed E-state index contributed by atoms with van der Waals surface area (Å²) < 4.78 is 5.35. The normalized spacial score (nSPS) is 27.9. The summed E-state index contributed by atoms with van der Waals surface area (Å²) >= 11 is 0. The number of hydrogen-bond acceptors (Lipinski definition) is 3. The monoisotopic (exact) mass is 277 g/mol. The van der Waals surface area contributed by atoms with Gasteiger partial charge < -0.3 is 10.1 Å². The molecule has 0 aromatic carbocycles. The van der Waals surface area contributed by atoms with E-state index < -0.39 is 5.54 Å². The Morgan fingerprint density at radius 3 is 2.42 bits per heavy atom. The van der Waals surface area contributed by atoms with Gasteiger partial charge in [-0.25, -0.2) is 4.79 Å². The van der Waals surface area contributed by atoms with Crippen molar-refractivity contribution in [2.24, 2.45) is 11.8 Å². The molecule has 2 saturated heterocycles. The van der Waals surface area contributed by atoms with Gasteiger partial charge in [0.1, 0.15) is 5.54 Å². The number of nitrogens with one attached hydrogen (secondary N) is 2. The van der Waals surface area contributed by atoms with Gasteiger partial charge in [-0.05, 0) is 37.5 Å². The van der Waals surface area contributed by atoms with Gasteiger partial charge in [-0.3, -0.25) is 10.1 Å². The summed E-state index contributed by atoms with van der Waals surface area (Å²) in [7, 11) is 0. The second-order valence-corrected chi connectivity index (χ2v) is 5.70. The maximum atomic E-state index is 12.2. The Hall–Kier alpha value is -0.100. The first-order valence-electron chi connectivity index (χ1n) is 6.76. The molecule has 1 atom stereocenters. The maximum Gasteiger partial charge on any atom is 1.00 e. The summed E-state index contributed by atoms with van der Waals surface area (Å²) in [4.78, 5) is 23.7. The quantitative estimate of drug-likeness (QED) is 0.482.